The quantitative estimate of drug-likeness (QED) is 0.151. The molecular weight excluding hydrogens is 614 g/mol. The van der Waals surface area contributed by atoms with Gasteiger partial charge in [0.05, 0.1) is 0 Å². The molecule has 0 heterocycles. The third kappa shape index (κ3) is 5.22. The first-order chi connectivity index (χ1) is 23.6. The number of benzene rings is 6. The fourth-order valence-electron chi connectivity index (χ4n) is 8.41. The van der Waals surface area contributed by atoms with Crippen LogP contribution in [-0.4, -0.2) is 12.6 Å². The van der Waals surface area contributed by atoms with Gasteiger partial charge in [-0.05, 0) is 130 Å². The highest BCUT2D eigenvalue weighted by atomic mass is 31.2. The molecule has 0 aliphatic heterocycles. The molecule has 0 fully saturated rings. The first kappa shape index (κ1) is 31.2. The lowest BCUT2D eigenvalue weighted by Crippen LogP contribution is -2.32. The Labute approximate surface area is 287 Å². The summed E-state index contributed by atoms with van der Waals surface area (Å²) < 4.78 is 0. The average Bonchev–Trinajstić information content (AvgIpc) is 3.18. The molecule has 0 N–H and O–H groups in total. The molecule has 0 saturated carbocycles. The van der Waals surface area contributed by atoms with Gasteiger partial charge < -0.3 is 0 Å². The maximum Gasteiger partial charge on any atom is -0.00567 e. The molecule has 0 radical (unpaired) electrons. The van der Waals surface area contributed by atoms with Gasteiger partial charge in [0.25, 0.3) is 0 Å². The second-order valence-electron chi connectivity index (χ2n) is 13.6. The normalized spacial score (nSPS) is 14.6. The van der Waals surface area contributed by atoms with Crippen LogP contribution in [0.4, 0.5) is 0 Å². The Morgan fingerprint density at radius 2 is 0.625 bits per heavy atom. The Hall–Kier alpha value is -4.08. The van der Waals surface area contributed by atoms with Gasteiger partial charge in [-0.25, -0.2) is 0 Å². The molecule has 2 aliphatic rings. The van der Waals surface area contributed by atoms with E-state index in [1.807, 2.05) is 0 Å². The molecule has 2 aliphatic carbocycles. The first-order valence-electron chi connectivity index (χ1n) is 17.6. The van der Waals surface area contributed by atoms with E-state index in [0.717, 1.165) is 25.7 Å². The minimum atomic E-state index is -2.29. The predicted molar refractivity (Wildman–Crippen MR) is 217 cm³/mol. The third-order valence-electron chi connectivity index (χ3n) is 10.9. The minimum Gasteiger partial charge on any atom is -0.0887 e. The molecule has 0 bridgehead atoms. The maximum atomic E-state index is 5.34. The van der Waals surface area contributed by atoms with E-state index in [1.54, 1.807) is 11.1 Å². The standard InChI is InChI=1S/C46H44P2/c1-47(37-21-7-3-8-22-37,38-23-9-4-10-24-38)43-33-31-35-19-15-17-29-41(35)45(43)46-42-30-18-16-20-36(42)32-34-44(46)48(2,39-25-11-5-12-26-39)40-27-13-6-14-28-40/h3-14,21-28,31-34H,1-2,15-20,29-30H2. The van der Waals surface area contributed by atoms with Gasteiger partial charge in [0.1, 0.15) is 0 Å². The summed E-state index contributed by atoms with van der Waals surface area (Å²) in [4.78, 5) is 0. The first-order valence-corrected chi connectivity index (χ1v) is 21.6. The van der Waals surface area contributed by atoms with Crippen molar-refractivity contribution < 1.29 is 0 Å². The van der Waals surface area contributed by atoms with Gasteiger partial charge in [-0.15, -0.1) is 0 Å². The van der Waals surface area contributed by atoms with Gasteiger partial charge in [-0.3, -0.25) is 0 Å². The third-order valence-corrected chi connectivity index (χ3v) is 18.0. The van der Waals surface area contributed by atoms with E-state index in [1.165, 1.54) is 79.8 Å². The van der Waals surface area contributed by atoms with Crippen molar-refractivity contribution in [2.45, 2.75) is 51.4 Å². The van der Waals surface area contributed by atoms with Gasteiger partial charge >= 0.3 is 0 Å². The SMILES string of the molecule is C=P(c1ccccc1)(c1ccccc1)c1ccc2c(c1-c1c(P(=C)(c3ccccc3)c3ccccc3)ccc3c1CCCC3)CCCC2. The number of hydrogen-bond donors (Lipinski definition) is 0. The Morgan fingerprint density at radius 1 is 0.333 bits per heavy atom. The molecule has 0 saturated heterocycles. The Bertz CT molecular complexity index is 1920. The van der Waals surface area contributed by atoms with E-state index in [9.17, 15) is 0 Å². The van der Waals surface area contributed by atoms with Gasteiger partial charge in [0.2, 0.25) is 0 Å². The Balaban J connectivity index is 1.54. The monoisotopic (exact) mass is 658 g/mol. The smallest absolute Gasteiger partial charge is 0.00567 e. The number of aryl methyl sites for hydroxylation is 2. The van der Waals surface area contributed by atoms with Gasteiger partial charge in [0.15, 0.2) is 0 Å². The molecule has 238 valence electrons. The van der Waals surface area contributed by atoms with E-state index in [2.05, 4.69) is 146 Å². The van der Waals surface area contributed by atoms with Crippen LogP contribution < -0.4 is 31.8 Å². The number of rotatable bonds is 7. The van der Waals surface area contributed by atoms with Gasteiger partial charge in [-0.2, -0.15) is 0 Å². The number of hydrogen-bond acceptors (Lipinski definition) is 0. The van der Waals surface area contributed by atoms with Crippen LogP contribution in [-0.2, 0) is 25.7 Å². The van der Waals surface area contributed by atoms with Crippen LogP contribution in [0.2, 0.25) is 0 Å². The molecular formula is C46H44P2. The van der Waals surface area contributed by atoms with Crippen molar-refractivity contribution >= 4 is 58.2 Å². The molecule has 0 aromatic heterocycles. The topological polar surface area (TPSA) is 0 Å². The largest absolute Gasteiger partial charge is 0.0887 e. The fourth-order valence-corrected chi connectivity index (χ4v) is 14.8. The summed E-state index contributed by atoms with van der Waals surface area (Å²) in [6.45, 7) is -4.57. The van der Waals surface area contributed by atoms with Crippen molar-refractivity contribution in [3.63, 3.8) is 0 Å². The van der Waals surface area contributed by atoms with Crippen molar-refractivity contribution in [2.24, 2.45) is 0 Å². The van der Waals surface area contributed by atoms with Crippen LogP contribution in [0.25, 0.3) is 11.1 Å². The van der Waals surface area contributed by atoms with Crippen LogP contribution in [0, 0.1) is 0 Å². The predicted octanol–water partition coefficient (Wildman–Crippen LogP) is 8.56. The highest BCUT2D eigenvalue weighted by Crippen LogP contribution is 2.51. The second-order valence-corrected chi connectivity index (χ2v) is 19.8. The zero-order valence-electron chi connectivity index (χ0n) is 27.8. The highest BCUT2D eigenvalue weighted by Gasteiger charge is 2.34. The molecule has 8 rings (SSSR count). The minimum absolute atomic E-state index is 1.12. The lowest BCUT2D eigenvalue weighted by atomic mass is 9.81. The van der Waals surface area contributed by atoms with Crippen molar-refractivity contribution in [1.82, 2.24) is 0 Å². The Kier molecular flexibility index (Phi) is 8.51. The second kappa shape index (κ2) is 13.1. The van der Waals surface area contributed by atoms with E-state index in [-0.39, 0.29) is 0 Å². The zero-order chi connectivity index (χ0) is 32.6. The van der Waals surface area contributed by atoms with Crippen molar-refractivity contribution in [2.75, 3.05) is 0 Å². The molecule has 0 spiro atoms. The van der Waals surface area contributed by atoms with Crippen LogP contribution >= 0.6 is 13.8 Å². The molecule has 0 amide bonds. The lowest BCUT2D eigenvalue weighted by molar-refractivity contribution is 0.682. The molecule has 0 nitrogen and oxygen atoms in total. The highest BCUT2D eigenvalue weighted by molar-refractivity contribution is 7.94. The molecule has 6 aromatic rings. The molecule has 0 unspecified atom stereocenters. The Morgan fingerprint density at radius 3 is 0.938 bits per heavy atom. The van der Waals surface area contributed by atoms with Crippen LogP contribution in [0.3, 0.4) is 0 Å². The summed E-state index contributed by atoms with van der Waals surface area (Å²) >= 11 is 0. The van der Waals surface area contributed by atoms with Crippen LogP contribution in [0.5, 0.6) is 0 Å². The summed E-state index contributed by atoms with van der Waals surface area (Å²) in [5.41, 5.74) is 9.14. The van der Waals surface area contributed by atoms with Crippen LogP contribution in [0.1, 0.15) is 47.9 Å². The zero-order valence-corrected chi connectivity index (χ0v) is 29.6. The summed E-state index contributed by atoms with van der Waals surface area (Å²) in [7, 11) is 0. The van der Waals surface area contributed by atoms with E-state index in [4.69, 9.17) is 12.6 Å². The van der Waals surface area contributed by atoms with Crippen molar-refractivity contribution in [3.05, 3.63) is 168 Å². The molecule has 6 aromatic carbocycles. The maximum absolute atomic E-state index is 5.34. The van der Waals surface area contributed by atoms with Gasteiger partial charge in [-0.1, -0.05) is 158 Å². The van der Waals surface area contributed by atoms with E-state index in [0.29, 0.717) is 0 Å². The number of fused-ring (bicyclic) bond motifs is 2. The molecule has 48 heavy (non-hydrogen) atoms. The lowest BCUT2D eigenvalue weighted by Gasteiger charge is -2.37. The molecule has 0 atom stereocenters. The summed E-state index contributed by atoms with van der Waals surface area (Å²) in [6.07, 6.45) is 20.2. The summed E-state index contributed by atoms with van der Waals surface area (Å²) in [6, 6.07) is 54.7. The summed E-state index contributed by atoms with van der Waals surface area (Å²) in [5.74, 6) is 0. The van der Waals surface area contributed by atoms with Crippen LogP contribution in [0.15, 0.2) is 146 Å². The molecule has 2 heteroatoms. The van der Waals surface area contributed by atoms with Crippen molar-refractivity contribution in [1.29, 1.82) is 0 Å². The van der Waals surface area contributed by atoms with E-state index >= 15 is 0 Å². The van der Waals surface area contributed by atoms with Gasteiger partial charge in [0, 0.05) is 0 Å². The fraction of sp³-hybridized carbons (Fsp3) is 0.174. The average molecular weight is 659 g/mol. The van der Waals surface area contributed by atoms with E-state index < -0.39 is 13.8 Å². The van der Waals surface area contributed by atoms with Crippen molar-refractivity contribution in [3.8, 4) is 11.1 Å². The summed E-state index contributed by atoms with van der Waals surface area (Å²) in [5, 5.41) is 8.19.